The minimum atomic E-state index is -4.36. The number of hydrogen-bond acceptors (Lipinski definition) is 2. The molecular weight excluding hydrogens is 245 g/mol. The van der Waals surface area contributed by atoms with Crippen molar-refractivity contribution >= 4 is 5.91 Å². The average Bonchev–Trinajstić information content (AvgIpc) is 2.26. The maximum absolute atomic E-state index is 11.9. The summed E-state index contributed by atoms with van der Waals surface area (Å²) < 4.78 is 35.8. The van der Waals surface area contributed by atoms with E-state index >= 15 is 0 Å². The zero-order valence-electron chi connectivity index (χ0n) is 11.4. The lowest BCUT2D eigenvalue weighted by atomic mass is 9.95. The smallest absolute Gasteiger partial charge is 0.346 e. The summed E-state index contributed by atoms with van der Waals surface area (Å²) >= 11 is 0. The third kappa shape index (κ3) is 6.83. The lowest BCUT2D eigenvalue weighted by Crippen LogP contribution is -2.49. The Morgan fingerprint density at radius 3 is 2.06 bits per heavy atom. The highest BCUT2D eigenvalue weighted by Crippen LogP contribution is 2.14. The Kier molecular flexibility index (Phi) is 7.28. The minimum Gasteiger partial charge on any atom is -0.346 e. The van der Waals surface area contributed by atoms with Gasteiger partial charge in [-0.05, 0) is 19.8 Å². The van der Waals surface area contributed by atoms with E-state index in [-0.39, 0.29) is 6.04 Å². The number of halogens is 3. The van der Waals surface area contributed by atoms with Crippen molar-refractivity contribution in [2.24, 2.45) is 5.92 Å². The quantitative estimate of drug-likeness (QED) is 0.744. The van der Waals surface area contributed by atoms with Gasteiger partial charge in [0.15, 0.2) is 0 Å². The third-order valence-corrected chi connectivity index (χ3v) is 3.13. The molecule has 0 radical (unpaired) electrons. The molecule has 3 nitrogen and oxygen atoms in total. The van der Waals surface area contributed by atoms with Crippen LogP contribution in [0.5, 0.6) is 0 Å². The molecule has 1 amide bonds. The van der Waals surface area contributed by atoms with Gasteiger partial charge in [-0.2, -0.15) is 13.2 Å². The zero-order valence-corrected chi connectivity index (χ0v) is 11.4. The molecule has 0 bridgehead atoms. The average molecular weight is 268 g/mol. The van der Waals surface area contributed by atoms with Crippen molar-refractivity contribution in [3.05, 3.63) is 0 Å². The van der Waals surface area contributed by atoms with Gasteiger partial charge in [0.2, 0.25) is 5.91 Å². The first-order valence-electron chi connectivity index (χ1n) is 6.31. The monoisotopic (exact) mass is 268 g/mol. The summed E-state index contributed by atoms with van der Waals surface area (Å²) in [7, 11) is 0. The number of rotatable bonds is 7. The van der Waals surface area contributed by atoms with E-state index < -0.39 is 24.7 Å². The molecule has 0 aromatic heterocycles. The summed E-state index contributed by atoms with van der Waals surface area (Å²) in [6.07, 6.45) is -2.42. The molecule has 0 saturated carbocycles. The van der Waals surface area contributed by atoms with Crippen LogP contribution in [0.25, 0.3) is 0 Å². The van der Waals surface area contributed by atoms with Crippen molar-refractivity contribution < 1.29 is 18.0 Å². The molecule has 0 fully saturated rings. The number of amides is 1. The first-order chi connectivity index (χ1) is 8.21. The van der Waals surface area contributed by atoms with Crippen molar-refractivity contribution in [2.75, 3.05) is 6.54 Å². The van der Waals surface area contributed by atoms with Gasteiger partial charge in [-0.1, -0.05) is 26.7 Å². The summed E-state index contributed by atoms with van der Waals surface area (Å²) in [5.74, 6) is -0.201. The van der Waals surface area contributed by atoms with Gasteiger partial charge < -0.3 is 10.6 Å². The molecule has 0 spiro atoms. The van der Waals surface area contributed by atoms with E-state index in [4.69, 9.17) is 0 Å². The topological polar surface area (TPSA) is 41.1 Å². The summed E-state index contributed by atoms with van der Waals surface area (Å²) in [6.45, 7) is 6.36. The number of carbonyl (C=O) groups is 1. The van der Waals surface area contributed by atoms with Crippen LogP contribution in [0.15, 0.2) is 0 Å². The minimum absolute atomic E-state index is 0.103. The van der Waals surface area contributed by atoms with Gasteiger partial charge in [0.25, 0.3) is 0 Å². The van der Waals surface area contributed by atoms with E-state index in [9.17, 15) is 18.0 Å². The summed E-state index contributed by atoms with van der Waals surface area (Å²) in [5.41, 5.74) is 0. The molecular formula is C12H23F3N2O. The Morgan fingerprint density at radius 1 is 1.17 bits per heavy atom. The highest BCUT2D eigenvalue weighted by molar-refractivity contribution is 5.81. The van der Waals surface area contributed by atoms with Crippen LogP contribution in [-0.4, -0.2) is 30.7 Å². The lowest BCUT2D eigenvalue weighted by molar-refractivity contribution is -0.139. The van der Waals surface area contributed by atoms with Crippen LogP contribution in [0, 0.1) is 5.92 Å². The normalized spacial score (nSPS) is 15.6. The van der Waals surface area contributed by atoms with E-state index in [0.29, 0.717) is 5.92 Å². The number of hydrogen-bond donors (Lipinski definition) is 2. The second-order valence-electron chi connectivity index (χ2n) is 4.59. The molecule has 0 aromatic rings. The van der Waals surface area contributed by atoms with Crippen LogP contribution in [0.4, 0.5) is 13.2 Å². The molecule has 2 N–H and O–H groups in total. The second kappa shape index (κ2) is 7.61. The Balaban J connectivity index is 4.15. The van der Waals surface area contributed by atoms with Crippen molar-refractivity contribution in [1.29, 1.82) is 0 Å². The van der Waals surface area contributed by atoms with E-state index in [1.165, 1.54) is 0 Å². The fraction of sp³-hybridized carbons (Fsp3) is 0.917. The third-order valence-electron chi connectivity index (χ3n) is 3.13. The van der Waals surface area contributed by atoms with Gasteiger partial charge in [-0.25, -0.2) is 0 Å². The number of nitrogens with one attached hydrogen (secondary N) is 2. The molecule has 6 heteroatoms. The molecule has 2 unspecified atom stereocenters. The maximum Gasteiger partial charge on any atom is 0.405 e. The Morgan fingerprint density at radius 2 is 1.67 bits per heavy atom. The van der Waals surface area contributed by atoms with E-state index in [1.54, 1.807) is 6.92 Å². The molecule has 0 aliphatic heterocycles. The Labute approximate surface area is 107 Å². The van der Waals surface area contributed by atoms with Crippen LogP contribution in [-0.2, 0) is 4.79 Å². The standard InChI is InChI=1S/C12H23F3N2O/c1-5-10(6-2)8(3)17-9(4)11(18)16-7-12(13,14)15/h8-10,17H,5-7H2,1-4H3,(H,16,18). The van der Waals surface area contributed by atoms with Gasteiger partial charge in [0.1, 0.15) is 6.54 Å². The first-order valence-corrected chi connectivity index (χ1v) is 6.31. The molecule has 0 aliphatic carbocycles. The molecule has 108 valence electrons. The number of alkyl halides is 3. The first kappa shape index (κ1) is 17.2. The van der Waals surface area contributed by atoms with Gasteiger partial charge in [0, 0.05) is 6.04 Å². The zero-order chi connectivity index (χ0) is 14.3. The lowest BCUT2D eigenvalue weighted by Gasteiger charge is -2.26. The molecule has 18 heavy (non-hydrogen) atoms. The van der Waals surface area contributed by atoms with Gasteiger partial charge in [-0.15, -0.1) is 0 Å². The number of carbonyl (C=O) groups excluding carboxylic acids is 1. The molecule has 0 aromatic carbocycles. The predicted octanol–water partition coefficient (Wildman–Crippen LogP) is 2.47. The predicted molar refractivity (Wildman–Crippen MR) is 65.2 cm³/mol. The van der Waals surface area contributed by atoms with Crippen LogP contribution < -0.4 is 10.6 Å². The van der Waals surface area contributed by atoms with Crippen LogP contribution in [0.3, 0.4) is 0 Å². The summed E-state index contributed by atoms with van der Waals surface area (Å²) in [5, 5.41) is 4.91. The van der Waals surface area contributed by atoms with Crippen molar-refractivity contribution in [3.63, 3.8) is 0 Å². The molecule has 2 atom stereocenters. The maximum atomic E-state index is 11.9. The van der Waals surface area contributed by atoms with Gasteiger partial charge in [0.05, 0.1) is 6.04 Å². The van der Waals surface area contributed by atoms with Crippen molar-refractivity contribution in [1.82, 2.24) is 10.6 Å². The summed E-state index contributed by atoms with van der Waals surface area (Å²) in [4.78, 5) is 11.5. The Hall–Kier alpha value is -0.780. The molecule has 0 heterocycles. The Bertz CT molecular complexity index is 252. The van der Waals surface area contributed by atoms with Crippen LogP contribution >= 0.6 is 0 Å². The molecule has 0 saturated heterocycles. The SMILES string of the molecule is CCC(CC)C(C)NC(C)C(=O)NCC(F)(F)F. The van der Waals surface area contributed by atoms with Crippen molar-refractivity contribution in [2.45, 2.75) is 58.8 Å². The van der Waals surface area contributed by atoms with E-state index in [2.05, 4.69) is 19.2 Å². The summed E-state index contributed by atoms with van der Waals surface area (Å²) in [6, 6.07) is -0.519. The molecule has 0 rings (SSSR count). The fourth-order valence-electron chi connectivity index (χ4n) is 1.94. The van der Waals surface area contributed by atoms with Gasteiger partial charge in [-0.3, -0.25) is 4.79 Å². The highest BCUT2D eigenvalue weighted by atomic mass is 19.4. The highest BCUT2D eigenvalue weighted by Gasteiger charge is 2.29. The van der Waals surface area contributed by atoms with Crippen molar-refractivity contribution in [3.8, 4) is 0 Å². The molecule has 0 aliphatic rings. The van der Waals surface area contributed by atoms with Crippen LogP contribution in [0.1, 0.15) is 40.5 Å². The largest absolute Gasteiger partial charge is 0.405 e. The van der Waals surface area contributed by atoms with E-state index in [0.717, 1.165) is 12.8 Å². The van der Waals surface area contributed by atoms with E-state index in [1.807, 2.05) is 12.2 Å². The van der Waals surface area contributed by atoms with Crippen LogP contribution in [0.2, 0.25) is 0 Å². The van der Waals surface area contributed by atoms with Gasteiger partial charge >= 0.3 is 6.18 Å². The second-order valence-corrected chi connectivity index (χ2v) is 4.59. The fourth-order valence-corrected chi connectivity index (χ4v) is 1.94.